The summed E-state index contributed by atoms with van der Waals surface area (Å²) in [6, 6.07) is 15.0. The van der Waals surface area contributed by atoms with Crippen LogP contribution in [0, 0.1) is 0 Å². The molecule has 1 atom stereocenters. The minimum absolute atomic E-state index is 0.429. The molecular formula is C15H14O3. The second kappa shape index (κ2) is 4.12. The van der Waals surface area contributed by atoms with Crippen molar-refractivity contribution in [3.05, 3.63) is 65.2 Å². The molecule has 1 aliphatic rings. The lowest BCUT2D eigenvalue weighted by Gasteiger charge is -2.23. The Morgan fingerprint density at radius 2 is 1.83 bits per heavy atom. The molecule has 0 spiro atoms. The number of methoxy groups -OCH3 is 1. The van der Waals surface area contributed by atoms with E-state index < -0.39 is 5.79 Å². The van der Waals surface area contributed by atoms with E-state index in [0.717, 1.165) is 16.9 Å². The number of aliphatic hydroxyl groups is 1. The Balaban J connectivity index is 2.05. The molecule has 92 valence electrons. The van der Waals surface area contributed by atoms with Crippen LogP contribution in [-0.2, 0) is 17.1 Å². The molecule has 2 aromatic carbocycles. The molecule has 3 rings (SSSR count). The van der Waals surface area contributed by atoms with E-state index in [0.29, 0.717) is 12.2 Å². The van der Waals surface area contributed by atoms with Gasteiger partial charge in [-0.15, -0.1) is 0 Å². The Morgan fingerprint density at radius 3 is 2.56 bits per heavy atom. The second-order valence-electron chi connectivity index (χ2n) is 4.32. The largest absolute Gasteiger partial charge is 0.497 e. The van der Waals surface area contributed by atoms with Crippen LogP contribution in [-0.4, -0.2) is 12.2 Å². The van der Waals surface area contributed by atoms with Crippen LogP contribution in [0.5, 0.6) is 5.75 Å². The molecule has 0 amide bonds. The summed E-state index contributed by atoms with van der Waals surface area (Å²) in [5.74, 6) is -0.586. The SMILES string of the molecule is COc1ccc(C2(O)OCc3ccccc32)cc1. The number of fused-ring (bicyclic) bond motifs is 1. The molecule has 0 fully saturated rings. The zero-order valence-corrected chi connectivity index (χ0v) is 10.1. The molecule has 0 aliphatic carbocycles. The number of ether oxygens (including phenoxy) is 2. The first-order chi connectivity index (χ1) is 8.74. The van der Waals surface area contributed by atoms with Crippen molar-refractivity contribution in [1.29, 1.82) is 0 Å². The van der Waals surface area contributed by atoms with Gasteiger partial charge in [-0.25, -0.2) is 0 Å². The molecular weight excluding hydrogens is 228 g/mol. The quantitative estimate of drug-likeness (QED) is 0.879. The van der Waals surface area contributed by atoms with E-state index in [4.69, 9.17) is 9.47 Å². The number of hydrogen-bond donors (Lipinski definition) is 1. The fraction of sp³-hybridized carbons (Fsp3) is 0.200. The highest BCUT2D eigenvalue weighted by Crippen LogP contribution is 2.39. The Hall–Kier alpha value is -1.84. The fourth-order valence-corrected chi connectivity index (χ4v) is 2.29. The number of hydrogen-bond acceptors (Lipinski definition) is 3. The van der Waals surface area contributed by atoms with Crippen LogP contribution in [0.25, 0.3) is 0 Å². The molecule has 3 nitrogen and oxygen atoms in total. The van der Waals surface area contributed by atoms with Crippen LogP contribution in [0.2, 0.25) is 0 Å². The Labute approximate surface area is 106 Å². The van der Waals surface area contributed by atoms with E-state index in [9.17, 15) is 5.11 Å². The van der Waals surface area contributed by atoms with E-state index in [1.807, 2.05) is 48.5 Å². The predicted molar refractivity (Wildman–Crippen MR) is 67.2 cm³/mol. The third-order valence-corrected chi connectivity index (χ3v) is 3.30. The Morgan fingerprint density at radius 1 is 1.11 bits per heavy atom. The van der Waals surface area contributed by atoms with Gasteiger partial charge in [0.2, 0.25) is 5.79 Å². The molecule has 2 aromatic rings. The van der Waals surface area contributed by atoms with Crippen LogP contribution in [0.4, 0.5) is 0 Å². The van der Waals surface area contributed by atoms with E-state index in [1.165, 1.54) is 0 Å². The maximum absolute atomic E-state index is 10.7. The van der Waals surface area contributed by atoms with Gasteiger partial charge < -0.3 is 14.6 Å². The van der Waals surface area contributed by atoms with Gasteiger partial charge in [0, 0.05) is 11.1 Å². The van der Waals surface area contributed by atoms with Crippen LogP contribution >= 0.6 is 0 Å². The molecule has 0 aromatic heterocycles. The first-order valence-corrected chi connectivity index (χ1v) is 5.83. The zero-order chi connectivity index (χ0) is 12.6. The average molecular weight is 242 g/mol. The van der Waals surface area contributed by atoms with Crippen molar-refractivity contribution in [2.24, 2.45) is 0 Å². The minimum atomic E-state index is -1.34. The van der Waals surface area contributed by atoms with Crippen molar-refractivity contribution >= 4 is 0 Å². The highest BCUT2D eigenvalue weighted by molar-refractivity contribution is 5.42. The zero-order valence-electron chi connectivity index (χ0n) is 10.1. The van der Waals surface area contributed by atoms with Gasteiger partial charge in [-0.3, -0.25) is 0 Å². The van der Waals surface area contributed by atoms with Crippen molar-refractivity contribution in [3.63, 3.8) is 0 Å². The summed E-state index contributed by atoms with van der Waals surface area (Å²) in [5, 5.41) is 10.7. The van der Waals surface area contributed by atoms with Gasteiger partial charge in [-0.05, 0) is 29.8 Å². The van der Waals surface area contributed by atoms with E-state index >= 15 is 0 Å². The van der Waals surface area contributed by atoms with Gasteiger partial charge in [-0.1, -0.05) is 24.3 Å². The summed E-state index contributed by atoms with van der Waals surface area (Å²) in [5.41, 5.74) is 2.55. The minimum Gasteiger partial charge on any atom is -0.497 e. The molecule has 1 aliphatic heterocycles. The number of rotatable bonds is 2. The van der Waals surface area contributed by atoms with E-state index in [1.54, 1.807) is 7.11 Å². The van der Waals surface area contributed by atoms with Crippen LogP contribution in [0.15, 0.2) is 48.5 Å². The maximum atomic E-state index is 10.7. The summed E-state index contributed by atoms with van der Waals surface area (Å²) < 4.78 is 10.7. The first kappa shape index (κ1) is 11.3. The van der Waals surface area contributed by atoms with Crippen LogP contribution in [0.1, 0.15) is 16.7 Å². The molecule has 1 unspecified atom stereocenters. The van der Waals surface area contributed by atoms with E-state index in [2.05, 4.69) is 0 Å². The molecule has 1 N–H and O–H groups in total. The van der Waals surface area contributed by atoms with Gasteiger partial charge in [0.1, 0.15) is 5.75 Å². The van der Waals surface area contributed by atoms with Gasteiger partial charge in [-0.2, -0.15) is 0 Å². The molecule has 0 saturated heterocycles. The molecule has 3 heteroatoms. The van der Waals surface area contributed by atoms with Gasteiger partial charge >= 0.3 is 0 Å². The normalized spacial score (nSPS) is 21.7. The smallest absolute Gasteiger partial charge is 0.220 e. The lowest BCUT2D eigenvalue weighted by atomic mass is 9.96. The van der Waals surface area contributed by atoms with Gasteiger partial charge in [0.15, 0.2) is 0 Å². The molecule has 18 heavy (non-hydrogen) atoms. The van der Waals surface area contributed by atoms with Gasteiger partial charge in [0.25, 0.3) is 0 Å². The standard InChI is InChI=1S/C15H14O3/c1-17-13-8-6-12(7-9-13)15(16)14-5-3-2-4-11(14)10-18-15/h2-9,16H,10H2,1H3. The third-order valence-electron chi connectivity index (χ3n) is 3.30. The Bertz CT molecular complexity index is 562. The van der Waals surface area contributed by atoms with Crippen LogP contribution in [0.3, 0.4) is 0 Å². The van der Waals surface area contributed by atoms with Gasteiger partial charge in [0.05, 0.1) is 13.7 Å². The molecule has 0 saturated carbocycles. The maximum Gasteiger partial charge on any atom is 0.220 e. The summed E-state index contributed by atoms with van der Waals surface area (Å²) in [7, 11) is 1.62. The topological polar surface area (TPSA) is 38.7 Å². The van der Waals surface area contributed by atoms with Crippen molar-refractivity contribution < 1.29 is 14.6 Å². The van der Waals surface area contributed by atoms with Crippen molar-refractivity contribution in [2.45, 2.75) is 12.4 Å². The summed E-state index contributed by atoms with van der Waals surface area (Å²) in [4.78, 5) is 0. The summed E-state index contributed by atoms with van der Waals surface area (Å²) >= 11 is 0. The summed E-state index contributed by atoms with van der Waals surface area (Å²) in [6.07, 6.45) is 0. The second-order valence-corrected chi connectivity index (χ2v) is 4.32. The molecule has 0 bridgehead atoms. The Kier molecular flexibility index (Phi) is 2.58. The molecule has 1 heterocycles. The third kappa shape index (κ3) is 1.60. The average Bonchev–Trinajstić information content (AvgIpc) is 2.78. The first-order valence-electron chi connectivity index (χ1n) is 5.83. The van der Waals surface area contributed by atoms with Crippen molar-refractivity contribution in [3.8, 4) is 5.75 Å². The fourth-order valence-electron chi connectivity index (χ4n) is 2.29. The summed E-state index contributed by atoms with van der Waals surface area (Å²) in [6.45, 7) is 0.429. The van der Waals surface area contributed by atoms with Crippen molar-refractivity contribution in [1.82, 2.24) is 0 Å². The predicted octanol–water partition coefficient (Wildman–Crippen LogP) is 2.42. The number of benzene rings is 2. The van der Waals surface area contributed by atoms with Crippen molar-refractivity contribution in [2.75, 3.05) is 7.11 Å². The monoisotopic (exact) mass is 242 g/mol. The highest BCUT2D eigenvalue weighted by atomic mass is 16.6. The molecule has 0 radical (unpaired) electrons. The van der Waals surface area contributed by atoms with E-state index in [-0.39, 0.29) is 0 Å². The highest BCUT2D eigenvalue weighted by Gasteiger charge is 2.39. The lowest BCUT2D eigenvalue weighted by molar-refractivity contribution is -0.170. The van der Waals surface area contributed by atoms with Crippen LogP contribution < -0.4 is 4.74 Å². The lowest BCUT2D eigenvalue weighted by Crippen LogP contribution is -2.25.